The molecule has 0 amide bonds. The van der Waals surface area contributed by atoms with Crippen LogP contribution in [0.25, 0.3) is 0 Å². The second-order valence-corrected chi connectivity index (χ2v) is 5.25. The van der Waals surface area contributed by atoms with E-state index in [1.54, 1.807) is 6.07 Å². The van der Waals surface area contributed by atoms with Crippen LogP contribution in [0.2, 0.25) is 5.02 Å². The Morgan fingerprint density at radius 3 is 2.53 bits per heavy atom. The average molecular weight is 257 g/mol. The fourth-order valence-corrected chi connectivity index (χ4v) is 2.05. The fourth-order valence-electron chi connectivity index (χ4n) is 1.84. The summed E-state index contributed by atoms with van der Waals surface area (Å²) in [6.07, 6.45) is 0.837. The molecular formula is C13H17ClO3. The van der Waals surface area contributed by atoms with Crippen molar-refractivity contribution in [2.24, 2.45) is 0 Å². The molecule has 3 nitrogen and oxygen atoms in total. The van der Waals surface area contributed by atoms with Crippen LogP contribution in [0, 0.1) is 0 Å². The zero-order valence-electron chi connectivity index (χ0n) is 10.1. The Bertz CT molecular complexity index is 415. The van der Waals surface area contributed by atoms with Gasteiger partial charge in [0, 0.05) is 17.4 Å². The van der Waals surface area contributed by atoms with Gasteiger partial charge in [-0.15, -0.1) is 0 Å². The minimum absolute atomic E-state index is 0.0461. The molecule has 0 aromatic heterocycles. The number of fused-ring (bicyclic) bond motifs is 1. The predicted molar refractivity (Wildman–Crippen MR) is 67.2 cm³/mol. The molecule has 1 heterocycles. The van der Waals surface area contributed by atoms with Gasteiger partial charge < -0.3 is 14.6 Å². The molecule has 0 spiro atoms. The number of hydrogen-bond acceptors (Lipinski definition) is 3. The van der Waals surface area contributed by atoms with Gasteiger partial charge in [0.25, 0.3) is 0 Å². The molecule has 1 aromatic rings. The van der Waals surface area contributed by atoms with Crippen LogP contribution in [-0.2, 0) is 5.41 Å². The third kappa shape index (κ3) is 2.35. The van der Waals surface area contributed by atoms with Crippen molar-refractivity contribution in [3.63, 3.8) is 0 Å². The first kappa shape index (κ1) is 12.5. The minimum atomic E-state index is -0.373. The van der Waals surface area contributed by atoms with Gasteiger partial charge in [0.15, 0.2) is 11.5 Å². The minimum Gasteiger partial charge on any atom is -0.489 e. The first-order valence-electron chi connectivity index (χ1n) is 5.76. The molecule has 0 fully saturated rings. The van der Waals surface area contributed by atoms with E-state index < -0.39 is 0 Å². The monoisotopic (exact) mass is 256 g/mol. The van der Waals surface area contributed by atoms with Crippen molar-refractivity contribution in [2.45, 2.75) is 25.7 Å². The molecule has 2 rings (SSSR count). The lowest BCUT2D eigenvalue weighted by Crippen LogP contribution is -2.23. The predicted octanol–water partition coefficient (Wildman–Crippen LogP) is 2.77. The Morgan fingerprint density at radius 2 is 1.88 bits per heavy atom. The Kier molecular flexibility index (Phi) is 3.50. The summed E-state index contributed by atoms with van der Waals surface area (Å²) in [6, 6.07) is 3.69. The summed E-state index contributed by atoms with van der Waals surface area (Å²) in [5.41, 5.74) is 0.559. The maximum atomic E-state index is 9.46. The number of benzene rings is 1. The van der Waals surface area contributed by atoms with Crippen LogP contribution in [-0.4, -0.2) is 24.9 Å². The van der Waals surface area contributed by atoms with E-state index >= 15 is 0 Å². The van der Waals surface area contributed by atoms with E-state index in [1.807, 2.05) is 19.9 Å². The van der Waals surface area contributed by atoms with Gasteiger partial charge in [-0.25, -0.2) is 0 Å². The number of ether oxygens (including phenoxy) is 2. The van der Waals surface area contributed by atoms with Gasteiger partial charge in [0.2, 0.25) is 0 Å². The zero-order chi connectivity index (χ0) is 12.5. The molecule has 1 aliphatic rings. The van der Waals surface area contributed by atoms with E-state index in [4.69, 9.17) is 21.1 Å². The molecular weight excluding hydrogens is 240 g/mol. The second kappa shape index (κ2) is 4.75. The topological polar surface area (TPSA) is 38.7 Å². The summed E-state index contributed by atoms with van der Waals surface area (Å²) in [7, 11) is 0. The lowest BCUT2D eigenvalue weighted by Gasteiger charge is -2.26. The van der Waals surface area contributed by atoms with Crippen molar-refractivity contribution >= 4 is 11.6 Å². The van der Waals surface area contributed by atoms with Crippen molar-refractivity contribution in [1.29, 1.82) is 0 Å². The first-order chi connectivity index (χ1) is 8.06. The summed E-state index contributed by atoms with van der Waals surface area (Å²) in [5.74, 6) is 1.28. The van der Waals surface area contributed by atoms with E-state index in [2.05, 4.69) is 0 Å². The molecule has 1 aliphatic heterocycles. The largest absolute Gasteiger partial charge is 0.489 e. The molecule has 0 aliphatic carbocycles. The molecule has 1 aromatic carbocycles. The van der Waals surface area contributed by atoms with Gasteiger partial charge in [-0.1, -0.05) is 31.5 Å². The molecule has 17 heavy (non-hydrogen) atoms. The average Bonchev–Trinajstić information content (AvgIpc) is 2.55. The molecule has 0 atom stereocenters. The molecule has 1 N–H and O–H groups in total. The summed E-state index contributed by atoms with van der Waals surface area (Å²) in [6.45, 7) is 5.19. The van der Waals surface area contributed by atoms with E-state index in [0.717, 1.165) is 12.0 Å². The van der Waals surface area contributed by atoms with Crippen LogP contribution in [0.3, 0.4) is 0 Å². The van der Waals surface area contributed by atoms with Crippen LogP contribution in [0.15, 0.2) is 12.1 Å². The van der Waals surface area contributed by atoms with Crippen molar-refractivity contribution < 1.29 is 14.6 Å². The highest BCUT2D eigenvalue weighted by Gasteiger charge is 2.28. The summed E-state index contributed by atoms with van der Waals surface area (Å²) in [5, 5.41) is 10.0. The van der Waals surface area contributed by atoms with E-state index in [-0.39, 0.29) is 12.0 Å². The number of rotatable bonds is 2. The van der Waals surface area contributed by atoms with Crippen LogP contribution < -0.4 is 9.47 Å². The smallest absolute Gasteiger partial charge is 0.180 e. The fraction of sp³-hybridized carbons (Fsp3) is 0.538. The Balaban J connectivity index is 2.54. The normalized spacial score (nSPS) is 15.5. The Morgan fingerprint density at radius 1 is 1.24 bits per heavy atom. The van der Waals surface area contributed by atoms with E-state index in [0.29, 0.717) is 29.7 Å². The van der Waals surface area contributed by atoms with Crippen molar-refractivity contribution in [1.82, 2.24) is 0 Å². The molecule has 0 radical (unpaired) electrons. The van der Waals surface area contributed by atoms with Crippen LogP contribution in [0.4, 0.5) is 0 Å². The summed E-state index contributed by atoms with van der Waals surface area (Å²) in [4.78, 5) is 0. The van der Waals surface area contributed by atoms with Crippen molar-refractivity contribution in [3.8, 4) is 11.5 Å². The lowest BCUT2D eigenvalue weighted by atomic mass is 9.85. The third-order valence-corrected chi connectivity index (χ3v) is 3.27. The highest BCUT2D eigenvalue weighted by Crippen LogP contribution is 2.43. The van der Waals surface area contributed by atoms with Gasteiger partial charge in [0.1, 0.15) is 0 Å². The van der Waals surface area contributed by atoms with Gasteiger partial charge in [-0.05, 0) is 6.07 Å². The quantitative estimate of drug-likeness (QED) is 0.884. The second-order valence-electron chi connectivity index (χ2n) is 4.85. The summed E-state index contributed by atoms with van der Waals surface area (Å²) >= 11 is 6.11. The molecule has 0 unspecified atom stereocenters. The van der Waals surface area contributed by atoms with Crippen LogP contribution in [0.5, 0.6) is 11.5 Å². The number of aliphatic hydroxyl groups excluding tert-OH is 1. The SMILES string of the molecule is CC(C)(CO)c1ccc(Cl)c2c1OCCCO2. The number of halogens is 1. The van der Waals surface area contributed by atoms with Crippen molar-refractivity contribution in [3.05, 3.63) is 22.7 Å². The van der Waals surface area contributed by atoms with Gasteiger partial charge in [-0.3, -0.25) is 0 Å². The highest BCUT2D eigenvalue weighted by atomic mass is 35.5. The van der Waals surface area contributed by atoms with E-state index in [1.165, 1.54) is 0 Å². The number of aliphatic hydroxyl groups is 1. The van der Waals surface area contributed by atoms with Crippen LogP contribution >= 0.6 is 11.6 Å². The Hall–Kier alpha value is -0.930. The maximum Gasteiger partial charge on any atom is 0.180 e. The molecule has 0 saturated carbocycles. The summed E-state index contributed by atoms with van der Waals surface area (Å²) < 4.78 is 11.3. The molecule has 0 bridgehead atoms. The van der Waals surface area contributed by atoms with Gasteiger partial charge >= 0.3 is 0 Å². The number of hydrogen-bond donors (Lipinski definition) is 1. The maximum absolute atomic E-state index is 9.46. The Labute approximate surface area is 106 Å². The van der Waals surface area contributed by atoms with E-state index in [9.17, 15) is 5.11 Å². The zero-order valence-corrected chi connectivity index (χ0v) is 10.9. The molecule has 94 valence electrons. The van der Waals surface area contributed by atoms with Crippen LogP contribution in [0.1, 0.15) is 25.8 Å². The third-order valence-electron chi connectivity index (χ3n) is 2.97. The van der Waals surface area contributed by atoms with Gasteiger partial charge in [-0.2, -0.15) is 0 Å². The lowest BCUT2D eigenvalue weighted by molar-refractivity contribution is 0.212. The van der Waals surface area contributed by atoms with Gasteiger partial charge in [0.05, 0.1) is 24.8 Å². The molecule has 0 saturated heterocycles. The molecule has 4 heteroatoms. The standard InChI is InChI=1S/C13H17ClO3/c1-13(2,8-15)9-4-5-10(14)12-11(9)16-6-3-7-17-12/h4-5,15H,3,6-8H2,1-2H3. The first-order valence-corrected chi connectivity index (χ1v) is 6.13. The highest BCUT2D eigenvalue weighted by molar-refractivity contribution is 6.32. The van der Waals surface area contributed by atoms with Crippen molar-refractivity contribution in [2.75, 3.05) is 19.8 Å².